The van der Waals surface area contributed by atoms with Gasteiger partial charge in [0.25, 0.3) is 0 Å². The molecular weight excluding hydrogens is 538 g/mol. The number of aryl methyl sites for hydroxylation is 1. The molecule has 2 aliphatic heterocycles. The van der Waals surface area contributed by atoms with Crippen LogP contribution in [0.1, 0.15) is 79.8 Å². The summed E-state index contributed by atoms with van der Waals surface area (Å²) in [4.78, 5) is 28.1. The fraction of sp³-hybridized carbons (Fsp3) is 0.514. The van der Waals surface area contributed by atoms with Gasteiger partial charge in [0, 0.05) is 22.8 Å². The Bertz CT molecular complexity index is 1570. The number of benzene rings is 1. The molecule has 1 saturated heterocycles. The quantitative estimate of drug-likeness (QED) is 0.220. The van der Waals surface area contributed by atoms with Crippen molar-refractivity contribution in [1.82, 2.24) is 0 Å². The highest BCUT2D eigenvalue weighted by molar-refractivity contribution is 5.99. The number of esters is 2. The number of allylic oxidation sites excluding steroid dienone is 7. The molecule has 0 radical (unpaired) electrons. The van der Waals surface area contributed by atoms with Crippen molar-refractivity contribution in [2.75, 3.05) is 6.54 Å². The molecule has 8 rings (SSSR count). The fourth-order valence-electron chi connectivity index (χ4n) is 10.8. The Morgan fingerprint density at radius 2 is 1.93 bits per heavy atom. The fourth-order valence-corrected chi connectivity index (χ4v) is 10.8. The molecule has 2 spiro atoms. The zero-order valence-electron chi connectivity index (χ0n) is 24.9. The number of fused-ring (bicyclic) bond motifs is 2. The second-order valence-electron chi connectivity index (χ2n) is 13.9. The number of nitrogens with two attached hydrogens (primary N) is 1. The molecule has 6 heteroatoms. The standard InChI is InChI=1S/C37H41NO5/c1-2-9-28-35-19-5-6-20-36(35,37(28)27-13-7-10-23(11-8-21-38)29(27)32(40)43-37)31(42-33(35)41)30(39)24-14-15-26-17-16-25-12-3-4-18-34(25,26)22-24/h3-5,7,10,12-15,18-19,24-26,28,39H,2,6,8-9,11,16-17,20-22,38H2,1H3. The SMILES string of the molecule is CCCC1C23C=CCCC2(C(=C(O)C2C=CC4CCC5C=CC=CC54C2)OC3=O)C12OC(=O)c1c(CCCN)cccc12. The van der Waals surface area contributed by atoms with Gasteiger partial charge in [-0.25, -0.2) is 4.79 Å². The Morgan fingerprint density at radius 3 is 2.74 bits per heavy atom. The number of hydrogen-bond acceptors (Lipinski definition) is 6. The Labute approximate surface area is 253 Å². The van der Waals surface area contributed by atoms with Crippen LogP contribution in [0.4, 0.5) is 0 Å². The zero-order chi connectivity index (χ0) is 29.6. The molecule has 3 N–H and O–H groups in total. The van der Waals surface area contributed by atoms with Crippen molar-refractivity contribution in [1.29, 1.82) is 0 Å². The van der Waals surface area contributed by atoms with Crippen LogP contribution in [-0.4, -0.2) is 23.6 Å². The van der Waals surface area contributed by atoms with Crippen molar-refractivity contribution in [2.45, 2.75) is 70.3 Å². The lowest BCUT2D eigenvalue weighted by atomic mass is 9.32. The van der Waals surface area contributed by atoms with E-state index in [1.165, 1.54) is 0 Å². The summed E-state index contributed by atoms with van der Waals surface area (Å²) in [5.74, 6) is 0.0867. The number of ether oxygens (including phenoxy) is 2. The highest BCUT2D eigenvalue weighted by Crippen LogP contribution is 2.84. The zero-order valence-corrected chi connectivity index (χ0v) is 24.9. The van der Waals surface area contributed by atoms with Crippen LogP contribution in [0.15, 0.2) is 78.3 Å². The number of rotatable bonds is 6. The lowest BCUT2D eigenvalue weighted by molar-refractivity contribution is -0.271. The molecule has 5 aliphatic carbocycles. The minimum Gasteiger partial charge on any atom is -0.508 e. The van der Waals surface area contributed by atoms with Gasteiger partial charge in [-0.1, -0.05) is 80.2 Å². The minimum atomic E-state index is -1.09. The molecule has 0 amide bonds. The molecule has 0 bridgehead atoms. The lowest BCUT2D eigenvalue weighted by Crippen LogP contribution is -2.75. The van der Waals surface area contributed by atoms with E-state index in [2.05, 4.69) is 49.5 Å². The van der Waals surface area contributed by atoms with Crippen LogP contribution in [0.25, 0.3) is 0 Å². The van der Waals surface area contributed by atoms with Gasteiger partial charge >= 0.3 is 11.9 Å². The molecule has 6 nitrogen and oxygen atoms in total. The van der Waals surface area contributed by atoms with Crippen LogP contribution in [0, 0.1) is 39.9 Å². The number of cyclic esters (lactones) is 1. The largest absolute Gasteiger partial charge is 0.508 e. The maximum Gasteiger partial charge on any atom is 0.339 e. The van der Waals surface area contributed by atoms with Crippen LogP contribution in [-0.2, 0) is 26.3 Å². The average molecular weight is 580 g/mol. The van der Waals surface area contributed by atoms with Crippen molar-refractivity contribution in [3.8, 4) is 0 Å². The maximum atomic E-state index is 14.2. The number of hydrogen-bond donors (Lipinski definition) is 2. The van der Waals surface area contributed by atoms with Crippen LogP contribution < -0.4 is 5.73 Å². The summed E-state index contributed by atoms with van der Waals surface area (Å²) >= 11 is 0. The van der Waals surface area contributed by atoms with Crippen LogP contribution in [0.2, 0.25) is 0 Å². The molecule has 1 aromatic rings. The molecule has 8 atom stereocenters. The number of aliphatic hydroxyl groups is 1. The Morgan fingerprint density at radius 1 is 1.09 bits per heavy atom. The van der Waals surface area contributed by atoms with E-state index in [1.807, 2.05) is 24.3 Å². The van der Waals surface area contributed by atoms with E-state index >= 15 is 0 Å². The van der Waals surface area contributed by atoms with Gasteiger partial charge in [-0.15, -0.1) is 0 Å². The first-order valence-electron chi connectivity index (χ1n) is 16.3. The van der Waals surface area contributed by atoms with E-state index in [9.17, 15) is 14.7 Å². The van der Waals surface area contributed by atoms with Gasteiger partial charge < -0.3 is 20.3 Å². The maximum absolute atomic E-state index is 14.2. The summed E-state index contributed by atoms with van der Waals surface area (Å²) < 4.78 is 13.0. The smallest absolute Gasteiger partial charge is 0.339 e. The van der Waals surface area contributed by atoms with Crippen molar-refractivity contribution in [3.63, 3.8) is 0 Å². The van der Waals surface area contributed by atoms with E-state index in [0.29, 0.717) is 55.4 Å². The number of carbonyl (C=O) groups is 2. The molecular formula is C37H41NO5. The predicted molar refractivity (Wildman–Crippen MR) is 162 cm³/mol. The second-order valence-corrected chi connectivity index (χ2v) is 13.9. The Balaban J connectivity index is 1.32. The van der Waals surface area contributed by atoms with Crippen LogP contribution in [0.5, 0.6) is 0 Å². The van der Waals surface area contributed by atoms with Gasteiger partial charge in [0.2, 0.25) is 0 Å². The lowest BCUT2D eigenvalue weighted by Gasteiger charge is -2.68. The molecule has 7 aliphatic rings. The molecule has 0 aromatic heterocycles. The summed E-state index contributed by atoms with van der Waals surface area (Å²) in [6, 6.07) is 6.00. The van der Waals surface area contributed by atoms with Crippen LogP contribution >= 0.6 is 0 Å². The predicted octanol–water partition coefficient (Wildman–Crippen LogP) is 6.74. The molecule has 2 heterocycles. The van der Waals surface area contributed by atoms with Crippen molar-refractivity contribution in [2.24, 2.45) is 45.7 Å². The van der Waals surface area contributed by atoms with Gasteiger partial charge in [-0.05, 0) is 75.3 Å². The normalized spacial score (nSPS) is 42.1. The molecule has 224 valence electrons. The number of carbonyl (C=O) groups excluding carboxylic acids is 2. The van der Waals surface area contributed by atoms with E-state index < -0.39 is 16.4 Å². The molecule has 3 fully saturated rings. The first-order chi connectivity index (χ1) is 20.9. The summed E-state index contributed by atoms with van der Waals surface area (Å²) in [7, 11) is 0. The van der Waals surface area contributed by atoms with Crippen LogP contribution in [0.3, 0.4) is 0 Å². The summed E-state index contributed by atoms with van der Waals surface area (Å²) in [6.45, 7) is 2.64. The summed E-state index contributed by atoms with van der Waals surface area (Å²) in [5, 5.41) is 12.3. The molecule has 8 unspecified atom stereocenters. The Kier molecular flexibility index (Phi) is 5.89. The summed E-state index contributed by atoms with van der Waals surface area (Å²) in [5.41, 5.74) is 5.13. The molecule has 2 saturated carbocycles. The monoisotopic (exact) mass is 579 g/mol. The van der Waals surface area contributed by atoms with Crippen molar-refractivity contribution >= 4 is 11.9 Å². The van der Waals surface area contributed by atoms with E-state index in [0.717, 1.165) is 43.2 Å². The van der Waals surface area contributed by atoms with Gasteiger partial charge in [0.15, 0.2) is 11.4 Å². The van der Waals surface area contributed by atoms with Crippen molar-refractivity contribution < 1.29 is 24.2 Å². The van der Waals surface area contributed by atoms with Gasteiger partial charge in [0.1, 0.15) is 11.2 Å². The van der Waals surface area contributed by atoms with Crippen molar-refractivity contribution in [3.05, 3.63) is 95.0 Å². The van der Waals surface area contributed by atoms with Gasteiger partial charge in [0.05, 0.1) is 11.0 Å². The van der Waals surface area contributed by atoms with E-state index in [4.69, 9.17) is 15.2 Å². The van der Waals surface area contributed by atoms with E-state index in [1.54, 1.807) is 0 Å². The van der Waals surface area contributed by atoms with Gasteiger partial charge in [-0.2, -0.15) is 0 Å². The third-order valence-electron chi connectivity index (χ3n) is 12.4. The first kappa shape index (κ1) is 27.2. The molecule has 1 aromatic carbocycles. The number of aliphatic hydroxyl groups excluding tert-OH is 1. The second kappa shape index (κ2) is 9.31. The third-order valence-corrected chi connectivity index (χ3v) is 12.4. The summed E-state index contributed by atoms with van der Waals surface area (Å²) in [6.07, 6.45) is 24.7. The molecule has 43 heavy (non-hydrogen) atoms. The highest BCUT2D eigenvalue weighted by atomic mass is 16.6. The van der Waals surface area contributed by atoms with E-state index in [-0.39, 0.29) is 34.9 Å². The highest BCUT2D eigenvalue weighted by Gasteiger charge is 2.91. The topological polar surface area (TPSA) is 98.9 Å². The Hall–Kier alpha value is -3.38. The first-order valence-corrected chi connectivity index (χ1v) is 16.3. The third kappa shape index (κ3) is 3.04. The minimum absolute atomic E-state index is 0.0428. The average Bonchev–Trinajstić information content (AvgIpc) is 3.65. The van der Waals surface area contributed by atoms with Gasteiger partial charge in [-0.3, -0.25) is 4.79 Å².